The Balaban J connectivity index is 1.06. The Kier molecular flexibility index (Phi) is 17.7. The molecule has 15 aromatic rings. The predicted octanol–water partition coefficient (Wildman–Crippen LogP) is 19.9. The van der Waals surface area contributed by atoms with Gasteiger partial charge in [-0.25, -0.2) is 4.99 Å². The van der Waals surface area contributed by atoms with Gasteiger partial charge in [0.2, 0.25) is 0 Å². The van der Waals surface area contributed by atoms with Crippen LogP contribution in [0, 0.1) is 0 Å². The lowest BCUT2D eigenvalue weighted by atomic mass is 9.73. The second-order valence-corrected chi connectivity index (χ2v) is 30.1. The highest BCUT2D eigenvalue weighted by Crippen LogP contribution is 2.63. The van der Waals surface area contributed by atoms with Gasteiger partial charge in [0.05, 0.1) is 148 Å². The molecule has 0 fully saturated rings. The van der Waals surface area contributed by atoms with E-state index in [1.54, 1.807) is 114 Å². The molecule has 2 aromatic heterocycles. The van der Waals surface area contributed by atoms with E-state index < -0.39 is 12.0 Å². The molecule has 0 saturated heterocycles. The smallest absolute Gasteiger partial charge is 0.131 e. The molecule has 2 atom stereocenters. The molecule has 3 aliphatic heterocycles. The van der Waals surface area contributed by atoms with Crippen LogP contribution in [0.15, 0.2) is 186 Å². The summed E-state index contributed by atoms with van der Waals surface area (Å²) >= 11 is 0. The molecule has 20 rings (SSSR count). The number of hydrogen-bond acceptors (Lipinski definition) is 18. The zero-order chi connectivity index (χ0) is 82.5. The van der Waals surface area contributed by atoms with Crippen molar-refractivity contribution in [3.8, 4) is 181 Å². The first-order chi connectivity index (χ1) is 58.6. The first-order valence-corrected chi connectivity index (χ1v) is 39.0. The third kappa shape index (κ3) is 11.3. The quantitative estimate of drug-likeness (QED) is 0.0642. The molecule has 5 heterocycles. The van der Waals surface area contributed by atoms with E-state index >= 15 is 0 Å². The highest BCUT2D eigenvalue weighted by Gasteiger charge is 2.47. The van der Waals surface area contributed by atoms with Gasteiger partial charge >= 0.3 is 0 Å². The van der Waals surface area contributed by atoms with Crippen LogP contribution in [0.4, 0.5) is 5.69 Å². The molecule has 2 unspecified atom stereocenters. The van der Waals surface area contributed by atoms with E-state index in [9.17, 15) is 0 Å². The van der Waals surface area contributed by atoms with Gasteiger partial charge in [-0.2, -0.15) is 0 Å². The maximum Gasteiger partial charge on any atom is 0.131 e. The lowest BCUT2D eigenvalue weighted by Gasteiger charge is -2.30. The van der Waals surface area contributed by atoms with E-state index in [4.69, 9.17) is 85.8 Å². The van der Waals surface area contributed by atoms with Crippen LogP contribution in [-0.4, -0.2) is 135 Å². The average molecular weight is 1600 g/mol. The van der Waals surface area contributed by atoms with Crippen molar-refractivity contribution in [2.45, 2.75) is 12.0 Å². The third-order valence-corrected chi connectivity index (χ3v) is 24.3. The van der Waals surface area contributed by atoms with Crippen LogP contribution in [0.2, 0.25) is 0 Å². The molecular formula is C100H82N4O16. The number of methoxy groups -OCH3 is 16. The van der Waals surface area contributed by atoms with Crippen molar-refractivity contribution in [2.24, 2.45) is 9.98 Å². The minimum absolute atomic E-state index is 0.538. The molecule has 20 heteroatoms. The summed E-state index contributed by atoms with van der Waals surface area (Å²) < 4.78 is 101. The van der Waals surface area contributed by atoms with Crippen LogP contribution in [0.5, 0.6) is 92.0 Å². The van der Waals surface area contributed by atoms with E-state index in [1.807, 2.05) is 109 Å². The van der Waals surface area contributed by atoms with Crippen molar-refractivity contribution in [3.05, 3.63) is 220 Å². The van der Waals surface area contributed by atoms with Crippen LogP contribution in [0.3, 0.4) is 0 Å². The molecule has 20 nitrogen and oxygen atoms in total. The molecule has 2 N–H and O–H groups in total. The predicted molar refractivity (Wildman–Crippen MR) is 470 cm³/mol. The molecule has 598 valence electrons. The number of nitrogens with zero attached hydrogens (tertiary/aromatic N) is 2. The highest BCUT2D eigenvalue weighted by atomic mass is 16.5. The second kappa shape index (κ2) is 28.6. The number of aromatic nitrogens is 2. The zero-order valence-corrected chi connectivity index (χ0v) is 68.9. The second-order valence-electron chi connectivity index (χ2n) is 30.1. The van der Waals surface area contributed by atoms with Gasteiger partial charge in [-0.3, -0.25) is 4.99 Å². The fraction of sp³-hybridized carbons (Fsp3) is 0.180. The first-order valence-electron chi connectivity index (χ1n) is 39.0. The summed E-state index contributed by atoms with van der Waals surface area (Å²) in [6.07, 6.45) is 2.20. The Morgan fingerprint density at radius 2 is 0.658 bits per heavy atom. The van der Waals surface area contributed by atoms with Gasteiger partial charge in [-0.15, -0.1) is 0 Å². The summed E-state index contributed by atoms with van der Waals surface area (Å²) in [5.41, 5.74) is 21.2. The van der Waals surface area contributed by atoms with Crippen LogP contribution in [0.25, 0.3) is 144 Å². The SMILES string of the molecule is COc1cc(OC)cc(-c2cc3c4c(c2)-c2cc(OC)cc(OC)c2/C2=c5/[nH]/c(c6c(-c7cc(OC)cc(OC)c7)cc(-c7cc(OC)cc(OC)c7)cc56)=C\C5=Nc6c(c7c(OC)cc(OC)cc7c7cc(-c8cc(OC)cc(OC)c8)cc5c67)-c5[nH]c6c7c(cc(-c8cc(OC)cc(OC)c8)cc57)-c5cc(OC)cc(OC)c5C6C3=NC24)c1. The van der Waals surface area contributed by atoms with Crippen molar-refractivity contribution in [2.75, 3.05) is 114 Å². The number of rotatable bonds is 21. The summed E-state index contributed by atoms with van der Waals surface area (Å²) in [6, 6.07) is 59.2. The Bertz CT molecular complexity index is 7060. The van der Waals surface area contributed by atoms with E-state index in [1.165, 1.54) is 0 Å². The number of H-pyrrole nitrogens is 2. The minimum Gasteiger partial charge on any atom is -0.497 e. The normalized spacial score (nSPS) is 14.7. The first kappa shape index (κ1) is 74.2. The van der Waals surface area contributed by atoms with Crippen molar-refractivity contribution in [1.82, 2.24) is 9.97 Å². The lowest BCUT2D eigenvalue weighted by Crippen LogP contribution is -2.21. The maximum absolute atomic E-state index is 6.87. The lowest BCUT2D eigenvalue weighted by molar-refractivity contribution is 0.391. The highest BCUT2D eigenvalue weighted by molar-refractivity contribution is 6.38. The fourth-order valence-electron chi connectivity index (χ4n) is 18.8. The van der Waals surface area contributed by atoms with Gasteiger partial charge in [-0.1, -0.05) is 0 Å². The van der Waals surface area contributed by atoms with Gasteiger partial charge in [0, 0.05) is 125 Å². The molecule has 0 spiro atoms. The Morgan fingerprint density at radius 1 is 0.267 bits per heavy atom. The van der Waals surface area contributed by atoms with E-state index in [-0.39, 0.29) is 0 Å². The summed E-state index contributed by atoms with van der Waals surface area (Å²) in [6.45, 7) is 0. The summed E-state index contributed by atoms with van der Waals surface area (Å²) in [5, 5.41) is 8.19. The van der Waals surface area contributed by atoms with Crippen LogP contribution in [0.1, 0.15) is 45.5 Å². The number of benzene rings is 13. The third-order valence-electron chi connectivity index (χ3n) is 24.3. The standard InChI is InChI=1S/C100H82N4O16/c1-105-56-17-47(18-57(35-56)106-2)51-27-69(55-25-64(113-9)39-65(26-55)114-10)85-77(32-51)95-92-89-74(41-67(116-12)43-82(89)118-14)71-29-54(50-23-62(111-7)38-63(24-50)112-8)34-79-87(71)99(92)104-97(79)94-91-75(42-68(117-13)45-84(91)120-16)72-30-53(49-21-60(109-5)37-61(22-49)110-6)33-78-88(72)100(94)103-96(78)93-90-73(40-66(115-11)44-83(90)119-15)70-28-52(48-19-58(107-3)36-59(20-48)108-4)31-76-80(46-81(85)102-95)101-98(93)86(70)76/h17-46,94,99,102-103H,1-16H3/b81-46-,95-92-. The molecule has 8 bridgehead atoms. The van der Waals surface area contributed by atoms with E-state index in [0.717, 1.165) is 182 Å². The molecule has 0 radical (unpaired) electrons. The summed E-state index contributed by atoms with van der Waals surface area (Å²) in [5.74, 6) is 8.61. The number of hydrogen-bond donors (Lipinski definition) is 2. The number of ether oxygens (including phenoxy) is 16. The summed E-state index contributed by atoms with van der Waals surface area (Å²) in [4.78, 5) is 21.4. The summed E-state index contributed by atoms with van der Waals surface area (Å²) in [7, 11) is 26.8. The molecule has 0 saturated carbocycles. The van der Waals surface area contributed by atoms with Gasteiger partial charge in [0.15, 0.2) is 0 Å². The van der Waals surface area contributed by atoms with Gasteiger partial charge in [0.25, 0.3) is 0 Å². The van der Waals surface area contributed by atoms with E-state index in [0.29, 0.717) is 109 Å². The average Bonchev–Trinajstić information content (AvgIpc) is 1.51. The number of fused-ring (bicyclic) bond motifs is 20. The topological polar surface area (TPSA) is 204 Å². The van der Waals surface area contributed by atoms with Crippen LogP contribution >= 0.6 is 0 Å². The molecule has 120 heavy (non-hydrogen) atoms. The van der Waals surface area contributed by atoms with Crippen molar-refractivity contribution in [3.63, 3.8) is 0 Å². The van der Waals surface area contributed by atoms with Gasteiger partial charge < -0.3 is 85.8 Å². The number of aromatic amines is 2. The minimum atomic E-state index is -0.800. The fourth-order valence-corrected chi connectivity index (χ4v) is 18.8. The van der Waals surface area contributed by atoms with Gasteiger partial charge in [0.1, 0.15) is 98.0 Å². The number of nitrogens with one attached hydrogen (secondary N) is 2. The van der Waals surface area contributed by atoms with Crippen molar-refractivity contribution >= 4 is 71.8 Å². The molecule has 13 aromatic carbocycles. The van der Waals surface area contributed by atoms with Gasteiger partial charge in [-0.05, 0) is 228 Å². The molecule has 2 aliphatic carbocycles. The molecular weight excluding hydrogens is 1510 g/mol. The Morgan fingerprint density at radius 3 is 1.17 bits per heavy atom. The monoisotopic (exact) mass is 1590 g/mol. The van der Waals surface area contributed by atoms with Crippen molar-refractivity contribution < 1.29 is 75.8 Å². The Labute approximate surface area is 690 Å². The zero-order valence-electron chi connectivity index (χ0n) is 68.9. The maximum atomic E-state index is 6.87. The molecule has 5 aliphatic rings. The van der Waals surface area contributed by atoms with Crippen molar-refractivity contribution in [1.29, 1.82) is 0 Å². The molecule has 0 amide bonds. The van der Waals surface area contributed by atoms with Crippen LogP contribution in [-0.2, 0) is 0 Å². The van der Waals surface area contributed by atoms with Crippen LogP contribution < -0.4 is 86.5 Å². The largest absolute Gasteiger partial charge is 0.497 e. The number of aliphatic imine (C=N–C) groups is 2. The Hall–Kier alpha value is -14.7. The van der Waals surface area contributed by atoms with E-state index in [2.05, 4.69) is 82.8 Å².